The molecular formula is C13H13BrN4. The Kier molecular flexibility index (Phi) is 2.99. The van der Waals surface area contributed by atoms with Gasteiger partial charge >= 0.3 is 0 Å². The highest BCUT2D eigenvalue weighted by atomic mass is 79.9. The third-order valence-corrected chi connectivity index (χ3v) is 3.76. The van der Waals surface area contributed by atoms with Crippen LogP contribution < -0.4 is 5.32 Å². The number of nitrogens with zero attached hydrogens (tertiary/aromatic N) is 3. The lowest BCUT2D eigenvalue weighted by molar-refractivity contribution is 0.928. The Morgan fingerprint density at radius 3 is 2.50 bits per heavy atom. The molecule has 92 valence electrons. The molecule has 0 saturated heterocycles. The van der Waals surface area contributed by atoms with E-state index in [4.69, 9.17) is 0 Å². The van der Waals surface area contributed by atoms with E-state index < -0.39 is 0 Å². The third-order valence-electron chi connectivity index (χ3n) is 2.93. The topological polar surface area (TPSA) is 50.7 Å². The summed E-state index contributed by atoms with van der Waals surface area (Å²) in [6, 6.07) is 1.99. The van der Waals surface area contributed by atoms with E-state index in [1.807, 2.05) is 25.4 Å². The molecule has 0 bridgehead atoms. The predicted molar refractivity (Wildman–Crippen MR) is 74.0 cm³/mol. The zero-order valence-corrected chi connectivity index (χ0v) is 11.6. The largest absolute Gasteiger partial charge is 0.338 e. The second-order valence-corrected chi connectivity index (χ2v) is 5.40. The molecule has 3 rings (SSSR count). The zero-order chi connectivity index (χ0) is 12.5. The zero-order valence-electron chi connectivity index (χ0n) is 10.0. The van der Waals surface area contributed by atoms with Gasteiger partial charge in [-0.15, -0.1) is 0 Å². The summed E-state index contributed by atoms with van der Waals surface area (Å²) in [6.45, 7) is 2.03. The first-order valence-electron chi connectivity index (χ1n) is 5.93. The van der Waals surface area contributed by atoms with Crippen molar-refractivity contribution in [2.75, 3.05) is 5.32 Å². The van der Waals surface area contributed by atoms with E-state index in [1.54, 1.807) is 6.20 Å². The van der Waals surface area contributed by atoms with E-state index >= 15 is 0 Å². The molecule has 1 aliphatic carbocycles. The number of aromatic nitrogens is 3. The molecule has 1 N–H and O–H groups in total. The van der Waals surface area contributed by atoms with Crippen LogP contribution in [0, 0.1) is 6.92 Å². The third kappa shape index (κ3) is 2.51. The molecule has 5 heteroatoms. The molecule has 1 saturated carbocycles. The fourth-order valence-corrected chi connectivity index (χ4v) is 1.93. The lowest BCUT2D eigenvalue weighted by Gasteiger charge is -2.06. The van der Waals surface area contributed by atoms with Gasteiger partial charge in [-0.25, -0.2) is 15.0 Å². The van der Waals surface area contributed by atoms with Crippen LogP contribution in [-0.2, 0) is 0 Å². The second kappa shape index (κ2) is 4.65. The molecule has 1 fully saturated rings. The molecule has 0 aromatic carbocycles. The Balaban J connectivity index is 1.76. The molecule has 0 spiro atoms. The number of pyridine rings is 1. The molecule has 0 unspecified atom stereocenters. The van der Waals surface area contributed by atoms with Gasteiger partial charge in [-0.1, -0.05) is 0 Å². The number of rotatable bonds is 3. The fraction of sp³-hybridized carbons (Fsp3) is 0.308. The number of hydrogen-bond acceptors (Lipinski definition) is 4. The monoisotopic (exact) mass is 304 g/mol. The van der Waals surface area contributed by atoms with Crippen molar-refractivity contribution in [3.8, 4) is 0 Å². The van der Waals surface area contributed by atoms with Crippen LogP contribution in [0.2, 0.25) is 0 Å². The number of nitrogens with one attached hydrogen (secondary N) is 1. The van der Waals surface area contributed by atoms with Gasteiger partial charge in [0.2, 0.25) is 0 Å². The Labute approximate surface area is 114 Å². The normalized spacial score (nSPS) is 14.6. The predicted octanol–water partition coefficient (Wildman–Crippen LogP) is 3.56. The van der Waals surface area contributed by atoms with Crippen molar-refractivity contribution < 1.29 is 0 Å². The lowest BCUT2D eigenvalue weighted by atomic mass is 10.3. The molecule has 0 aliphatic heterocycles. The Morgan fingerprint density at radius 2 is 1.89 bits per heavy atom. The van der Waals surface area contributed by atoms with Crippen molar-refractivity contribution in [2.24, 2.45) is 0 Å². The minimum absolute atomic E-state index is 0.590. The highest BCUT2D eigenvalue weighted by molar-refractivity contribution is 9.10. The molecule has 2 aromatic heterocycles. The molecule has 0 amide bonds. The van der Waals surface area contributed by atoms with Crippen LogP contribution in [0.5, 0.6) is 0 Å². The maximum absolute atomic E-state index is 4.37. The van der Waals surface area contributed by atoms with Crippen molar-refractivity contribution in [1.82, 2.24) is 15.0 Å². The summed E-state index contributed by atoms with van der Waals surface area (Å²) in [6.07, 6.45) is 7.87. The van der Waals surface area contributed by atoms with E-state index in [9.17, 15) is 0 Å². The fourth-order valence-electron chi connectivity index (χ4n) is 1.71. The van der Waals surface area contributed by atoms with Crippen molar-refractivity contribution in [1.29, 1.82) is 0 Å². The van der Waals surface area contributed by atoms with Crippen LogP contribution in [0.3, 0.4) is 0 Å². The van der Waals surface area contributed by atoms with Gasteiger partial charge in [0.05, 0.1) is 18.1 Å². The number of aryl methyl sites for hydroxylation is 1. The van der Waals surface area contributed by atoms with Gasteiger partial charge in [0.15, 0.2) is 0 Å². The molecule has 1 aliphatic rings. The van der Waals surface area contributed by atoms with Gasteiger partial charge < -0.3 is 5.32 Å². The Bertz CT molecular complexity index is 564. The minimum atomic E-state index is 0.590. The van der Waals surface area contributed by atoms with Gasteiger partial charge in [0.1, 0.15) is 11.6 Å². The molecule has 2 aromatic rings. The Hall–Kier alpha value is -1.49. The quantitative estimate of drug-likeness (QED) is 0.942. The van der Waals surface area contributed by atoms with E-state index in [2.05, 4.69) is 36.2 Å². The maximum atomic E-state index is 4.37. The van der Waals surface area contributed by atoms with Crippen LogP contribution in [0.25, 0.3) is 0 Å². The SMILES string of the molecule is Cc1cc(Nc2cnc(C3CC3)nc2)ncc1Br. The van der Waals surface area contributed by atoms with E-state index in [0.29, 0.717) is 5.92 Å². The number of halogens is 1. The summed E-state index contributed by atoms with van der Waals surface area (Å²) < 4.78 is 1.01. The summed E-state index contributed by atoms with van der Waals surface area (Å²) in [4.78, 5) is 13.0. The molecule has 4 nitrogen and oxygen atoms in total. The van der Waals surface area contributed by atoms with E-state index in [0.717, 1.165) is 27.4 Å². The highest BCUT2D eigenvalue weighted by Crippen LogP contribution is 2.37. The lowest BCUT2D eigenvalue weighted by Crippen LogP contribution is -1.98. The summed E-state index contributed by atoms with van der Waals surface area (Å²) in [5, 5.41) is 3.20. The standard InChI is InChI=1S/C13H13BrN4/c1-8-4-12(15-7-11(8)14)18-10-5-16-13(17-6-10)9-2-3-9/h4-7,9H,2-3H2,1H3,(H,15,18). The molecule has 18 heavy (non-hydrogen) atoms. The maximum Gasteiger partial charge on any atom is 0.131 e. The molecular weight excluding hydrogens is 292 g/mol. The summed E-state index contributed by atoms with van der Waals surface area (Å²) in [7, 11) is 0. The number of anilines is 2. The van der Waals surface area contributed by atoms with Crippen molar-refractivity contribution >= 4 is 27.4 Å². The van der Waals surface area contributed by atoms with E-state index in [-0.39, 0.29) is 0 Å². The average Bonchev–Trinajstić information content (AvgIpc) is 3.19. The van der Waals surface area contributed by atoms with Crippen LogP contribution >= 0.6 is 15.9 Å². The van der Waals surface area contributed by atoms with Crippen LogP contribution in [0.4, 0.5) is 11.5 Å². The van der Waals surface area contributed by atoms with Crippen molar-refractivity contribution in [2.45, 2.75) is 25.7 Å². The second-order valence-electron chi connectivity index (χ2n) is 4.55. The average molecular weight is 305 g/mol. The molecule has 2 heterocycles. The number of hydrogen-bond donors (Lipinski definition) is 1. The van der Waals surface area contributed by atoms with Crippen LogP contribution in [-0.4, -0.2) is 15.0 Å². The summed E-state index contributed by atoms with van der Waals surface area (Å²) in [5.41, 5.74) is 2.01. The summed E-state index contributed by atoms with van der Waals surface area (Å²) >= 11 is 3.43. The Morgan fingerprint density at radius 1 is 1.17 bits per heavy atom. The van der Waals surface area contributed by atoms with Crippen molar-refractivity contribution in [3.05, 3.63) is 40.5 Å². The van der Waals surface area contributed by atoms with Gasteiger partial charge in [-0.05, 0) is 47.3 Å². The van der Waals surface area contributed by atoms with Crippen molar-refractivity contribution in [3.63, 3.8) is 0 Å². The first kappa shape index (κ1) is 11.6. The van der Waals surface area contributed by atoms with E-state index in [1.165, 1.54) is 12.8 Å². The van der Waals surface area contributed by atoms with Crippen LogP contribution in [0.15, 0.2) is 29.1 Å². The smallest absolute Gasteiger partial charge is 0.131 e. The van der Waals surface area contributed by atoms with Gasteiger partial charge in [-0.3, -0.25) is 0 Å². The van der Waals surface area contributed by atoms with Gasteiger partial charge in [0, 0.05) is 16.6 Å². The minimum Gasteiger partial charge on any atom is -0.338 e. The first-order valence-corrected chi connectivity index (χ1v) is 6.73. The van der Waals surface area contributed by atoms with Crippen LogP contribution in [0.1, 0.15) is 30.1 Å². The van der Waals surface area contributed by atoms with Gasteiger partial charge in [-0.2, -0.15) is 0 Å². The van der Waals surface area contributed by atoms with Gasteiger partial charge in [0.25, 0.3) is 0 Å². The highest BCUT2D eigenvalue weighted by Gasteiger charge is 2.26. The summed E-state index contributed by atoms with van der Waals surface area (Å²) in [5.74, 6) is 2.35. The molecule has 0 atom stereocenters. The first-order chi connectivity index (χ1) is 8.72. The molecule has 0 radical (unpaired) electrons.